The molecule has 0 aliphatic rings. The summed E-state index contributed by atoms with van der Waals surface area (Å²) < 4.78 is 13.1. The summed E-state index contributed by atoms with van der Waals surface area (Å²) in [6.45, 7) is 4.16. The molecule has 1 aromatic heterocycles. The third kappa shape index (κ3) is 3.07. The molecule has 0 amide bonds. The van der Waals surface area contributed by atoms with Gasteiger partial charge in [0.15, 0.2) is 0 Å². The van der Waals surface area contributed by atoms with Crippen molar-refractivity contribution in [3.8, 4) is 0 Å². The van der Waals surface area contributed by atoms with Crippen molar-refractivity contribution in [2.75, 3.05) is 0 Å². The Morgan fingerprint density at radius 2 is 2.14 bits per heavy atom. The molecule has 0 saturated heterocycles. The molecule has 1 atom stereocenters. The number of hydrogen-bond acceptors (Lipinski definition) is 2. The van der Waals surface area contributed by atoms with Crippen molar-refractivity contribution >= 4 is 0 Å². The second-order valence-corrected chi connectivity index (χ2v) is 3.88. The highest BCUT2D eigenvalue weighted by atomic mass is 19.1. The molecule has 3 heteroatoms. The van der Waals surface area contributed by atoms with Gasteiger partial charge in [0.25, 0.3) is 0 Å². The van der Waals surface area contributed by atoms with Gasteiger partial charge in [0.05, 0.1) is 12.3 Å². The molecule has 1 N–H and O–H groups in total. The first-order valence-electron chi connectivity index (χ1n) is 4.88. The van der Waals surface area contributed by atoms with Gasteiger partial charge in [0, 0.05) is 11.8 Å². The summed E-state index contributed by atoms with van der Waals surface area (Å²) in [5.74, 6) is 0.0957. The van der Waals surface area contributed by atoms with Gasteiger partial charge >= 0.3 is 0 Å². The van der Waals surface area contributed by atoms with Crippen LogP contribution in [0, 0.1) is 11.7 Å². The molecular weight excluding hydrogens is 181 g/mol. The number of nitrogens with zero attached hydrogens (tertiary/aromatic N) is 1. The van der Waals surface area contributed by atoms with E-state index in [1.165, 1.54) is 12.3 Å². The van der Waals surface area contributed by atoms with Crippen LogP contribution in [-0.4, -0.2) is 10.1 Å². The minimum Gasteiger partial charge on any atom is -0.388 e. The largest absolute Gasteiger partial charge is 0.388 e. The highest BCUT2D eigenvalue weighted by Gasteiger charge is 2.12. The van der Waals surface area contributed by atoms with Gasteiger partial charge in [-0.3, -0.25) is 4.98 Å². The van der Waals surface area contributed by atoms with Crippen LogP contribution < -0.4 is 0 Å². The Bertz CT molecular complexity index is 288. The summed E-state index contributed by atoms with van der Waals surface area (Å²) in [7, 11) is 0. The zero-order valence-corrected chi connectivity index (χ0v) is 8.57. The molecule has 0 aromatic carbocycles. The maximum atomic E-state index is 13.1. The molecule has 2 nitrogen and oxygen atoms in total. The van der Waals surface area contributed by atoms with E-state index in [2.05, 4.69) is 18.8 Å². The lowest BCUT2D eigenvalue weighted by atomic mass is 10.0. The molecule has 0 bridgehead atoms. The highest BCUT2D eigenvalue weighted by Crippen LogP contribution is 2.22. The first-order chi connectivity index (χ1) is 6.61. The number of aliphatic hydroxyl groups is 1. The lowest BCUT2D eigenvalue weighted by molar-refractivity contribution is 0.154. The molecule has 1 heterocycles. The van der Waals surface area contributed by atoms with Gasteiger partial charge in [-0.25, -0.2) is 4.39 Å². The van der Waals surface area contributed by atoms with Gasteiger partial charge in [0.1, 0.15) is 5.82 Å². The van der Waals surface area contributed by atoms with Crippen LogP contribution in [0.5, 0.6) is 0 Å². The Morgan fingerprint density at radius 3 is 2.71 bits per heavy atom. The molecule has 0 fully saturated rings. The Kier molecular flexibility index (Phi) is 4.01. The molecule has 0 aliphatic carbocycles. The van der Waals surface area contributed by atoms with Crippen molar-refractivity contribution in [2.24, 2.45) is 5.92 Å². The molecule has 0 aliphatic heterocycles. The van der Waals surface area contributed by atoms with Gasteiger partial charge in [0.2, 0.25) is 0 Å². The first kappa shape index (κ1) is 11.1. The fraction of sp³-hybridized carbons (Fsp3) is 0.545. The normalized spacial score (nSPS) is 13.2. The number of rotatable bonds is 4. The Labute approximate surface area is 83.8 Å². The first-order valence-corrected chi connectivity index (χ1v) is 4.88. The minimum absolute atomic E-state index is 0.348. The Hall–Kier alpha value is -0.960. The van der Waals surface area contributed by atoms with E-state index < -0.39 is 11.9 Å². The van der Waals surface area contributed by atoms with E-state index in [9.17, 15) is 9.50 Å². The highest BCUT2D eigenvalue weighted by molar-refractivity contribution is 5.15. The predicted molar refractivity (Wildman–Crippen MR) is 53.2 cm³/mol. The second kappa shape index (κ2) is 5.05. The summed E-state index contributed by atoms with van der Waals surface area (Å²) in [6.07, 6.45) is 3.41. The number of halogens is 1. The van der Waals surface area contributed by atoms with Gasteiger partial charge in [-0.15, -0.1) is 0 Å². The lowest BCUT2D eigenvalue weighted by Crippen LogP contribution is -2.02. The fourth-order valence-electron chi connectivity index (χ4n) is 1.30. The molecule has 14 heavy (non-hydrogen) atoms. The number of pyridine rings is 1. The van der Waals surface area contributed by atoms with Crippen LogP contribution in [0.1, 0.15) is 38.4 Å². The standard InChI is InChI=1S/C11H16FNO/c1-8(2)3-4-11(14)9-5-6-13-7-10(9)12/h5-8,11,14H,3-4H2,1-2H3. The minimum atomic E-state index is -0.708. The topological polar surface area (TPSA) is 33.1 Å². The monoisotopic (exact) mass is 197 g/mol. The maximum Gasteiger partial charge on any atom is 0.147 e. The summed E-state index contributed by atoms with van der Waals surface area (Å²) in [5, 5.41) is 9.68. The summed E-state index contributed by atoms with van der Waals surface area (Å²) >= 11 is 0. The maximum absolute atomic E-state index is 13.1. The molecule has 0 saturated carbocycles. The number of aliphatic hydroxyl groups excluding tert-OH is 1. The van der Waals surface area contributed by atoms with E-state index in [0.717, 1.165) is 12.6 Å². The third-order valence-corrected chi connectivity index (χ3v) is 2.18. The zero-order valence-electron chi connectivity index (χ0n) is 8.57. The SMILES string of the molecule is CC(C)CCC(O)c1ccncc1F. The quantitative estimate of drug-likeness (QED) is 0.805. The Balaban J connectivity index is 2.60. The molecule has 1 rings (SSSR count). The lowest BCUT2D eigenvalue weighted by Gasteiger charge is -2.12. The van der Waals surface area contributed by atoms with Crippen molar-refractivity contribution in [1.82, 2.24) is 4.98 Å². The predicted octanol–water partition coefficient (Wildman–Crippen LogP) is 2.69. The van der Waals surface area contributed by atoms with E-state index in [1.807, 2.05) is 0 Å². The van der Waals surface area contributed by atoms with Crippen LogP contribution in [0.25, 0.3) is 0 Å². The molecule has 1 aromatic rings. The smallest absolute Gasteiger partial charge is 0.147 e. The van der Waals surface area contributed by atoms with Crippen LogP contribution in [0.15, 0.2) is 18.5 Å². The van der Waals surface area contributed by atoms with Crippen LogP contribution in [0.3, 0.4) is 0 Å². The second-order valence-electron chi connectivity index (χ2n) is 3.88. The molecule has 78 valence electrons. The summed E-state index contributed by atoms with van der Waals surface area (Å²) in [4.78, 5) is 3.64. The fourth-order valence-corrected chi connectivity index (χ4v) is 1.30. The summed E-state index contributed by atoms with van der Waals surface area (Å²) in [6, 6.07) is 1.53. The van der Waals surface area contributed by atoms with Crippen LogP contribution in [0.4, 0.5) is 4.39 Å². The molecule has 0 radical (unpaired) electrons. The third-order valence-electron chi connectivity index (χ3n) is 2.18. The van der Waals surface area contributed by atoms with Crippen molar-refractivity contribution in [3.05, 3.63) is 29.8 Å². The average Bonchev–Trinajstić information content (AvgIpc) is 2.15. The van der Waals surface area contributed by atoms with E-state index in [4.69, 9.17) is 0 Å². The van der Waals surface area contributed by atoms with E-state index in [-0.39, 0.29) is 0 Å². The molecule has 0 spiro atoms. The van der Waals surface area contributed by atoms with Crippen molar-refractivity contribution < 1.29 is 9.50 Å². The zero-order chi connectivity index (χ0) is 10.6. The Morgan fingerprint density at radius 1 is 1.43 bits per heavy atom. The van der Waals surface area contributed by atoms with Gasteiger partial charge in [-0.2, -0.15) is 0 Å². The van der Waals surface area contributed by atoms with Gasteiger partial charge < -0.3 is 5.11 Å². The van der Waals surface area contributed by atoms with Gasteiger partial charge in [-0.1, -0.05) is 13.8 Å². The summed E-state index contributed by atoms with van der Waals surface area (Å²) in [5.41, 5.74) is 0.348. The van der Waals surface area contributed by atoms with Crippen molar-refractivity contribution in [2.45, 2.75) is 32.8 Å². The van der Waals surface area contributed by atoms with E-state index >= 15 is 0 Å². The molecular formula is C11H16FNO. The number of aromatic nitrogens is 1. The van der Waals surface area contributed by atoms with Crippen LogP contribution in [0.2, 0.25) is 0 Å². The van der Waals surface area contributed by atoms with E-state index in [1.54, 1.807) is 0 Å². The number of hydrogen-bond donors (Lipinski definition) is 1. The van der Waals surface area contributed by atoms with E-state index in [0.29, 0.717) is 17.9 Å². The molecule has 1 unspecified atom stereocenters. The van der Waals surface area contributed by atoms with Crippen LogP contribution >= 0.6 is 0 Å². The van der Waals surface area contributed by atoms with Crippen molar-refractivity contribution in [3.63, 3.8) is 0 Å². The van der Waals surface area contributed by atoms with Crippen LogP contribution in [-0.2, 0) is 0 Å². The van der Waals surface area contributed by atoms with Gasteiger partial charge in [-0.05, 0) is 24.8 Å². The average molecular weight is 197 g/mol. The van der Waals surface area contributed by atoms with Crippen molar-refractivity contribution in [1.29, 1.82) is 0 Å².